The third-order valence-electron chi connectivity index (χ3n) is 15.3. The number of rotatable bonds is 11. The third kappa shape index (κ3) is 27.6. The number of carbonyl (C=O) groups excluding carboxylic acids is 3. The highest BCUT2D eigenvalue weighted by molar-refractivity contribution is 9.11. The van der Waals surface area contributed by atoms with Gasteiger partial charge in [-0.05, 0) is 225 Å². The SMILES string of the molecule is CC(C)(C)OC(=O)N[C@@H]1CCC[C@H](Cc2nc(Br)c(F)cc2F)C1.CC(C)(C)OC(=O)N[C@@H]1CCC[C@H](N)C1.Cn1cnc(C(=O)C[C@@H]2CCC[C@H](Cc3nc(Br)c(F)cc3F)C2)c1.Fc1cc(F)c(Br)nc1F.N[C@@H]1CCC[C@H](Cc2nc(Br)c(F)cc2F)C1. The van der Waals surface area contributed by atoms with Crippen LogP contribution in [0.15, 0.2) is 55.2 Å². The van der Waals surface area contributed by atoms with Crippen molar-refractivity contribution >= 4 is 81.7 Å². The number of pyridine rings is 4. The molecule has 91 heavy (non-hydrogen) atoms. The molecule has 4 aliphatic rings. The van der Waals surface area contributed by atoms with Gasteiger partial charge in [-0.1, -0.05) is 25.7 Å². The van der Waals surface area contributed by atoms with Gasteiger partial charge in [-0.15, -0.1) is 0 Å². The molecule has 28 heteroatoms. The molecule has 0 saturated heterocycles. The first-order chi connectivity index (χ1) is 42.6. The number of ketones is 1. The van der Waals surface area contributed by atoms with E-state index in [1.807, 2.05) is 48.6 Å². The van der Waals surface area contributed by atoms with Crippen molar-refractivity contribution in [3.05, 3.63) is 130 Å². The van der Waals surface area contributed by atoms with Gasteiger partial charge in [0.2, 0.25) is 5.95 Å². The third-order valence-corrected chi connectivity index (χ3v) is 17.5. The van der Waals surface area contributed by atoms with Gasteiger partial charge in [-0.2, -0.15) is 4.39 Å². The molecule has 0 spiro atoms. The zero-order valence-corrected chi connectivity index (χ0v) is 58.4. The number of amides is 2. The van der Waals surface area contributed by atoms with Gasteiger partial charge in [0.05, 0.1) is 23.4 Å². The molecule has 8 atom stereocenters. The molecule has 4 saturated carbocycles. The molecule has 0 unspecified atom stereocenters. The van der Waals surface area contributed by atoms with Gasteiger partial charge in [-0.3, -0.25) is 4.79 Å². The Morgan fingerprint density at radius 3 is 1.27 bits per heavy atom. The van der Waals surface area contributed by atoms with Gasteiger partial charge >= 0.3 is 12.2 Å². The van der Waals surface area contributed by atoms with Crippen LogP contribution in [-0.4, -0.2) is 82.8 Å². The summed E-state index contributed by atoms with van der Waals surface area (Å²) >= 11 is 11.6. The standard InChI is InChI=1S/C18H20BrF2N3O.C17H23BrF2N2O2.C12H15BrF2N2.C11H22N2O2.C5HBrF3N/c1-24-9-16(22-10-24)17(25)7-12-4-2-3-11(5-12)6-15-13(20)8-14(21)18(19)23-15;1-17(2,3)24-16(23)21-11-6-4-5-10(7-11)8-14-12(19)9-13(20)15(18)22-14;13-12-10(15)6-9(14)11(17-12)5-7-2-1-3-8(16)4-7;1-11(2,3)15-10(14)13-9-6-4-5-8(12)7-9;6-4-2(7)1-3(8)5(9)10-4/h8-12H,2-7H2,1H3;9-11H,4-8H2,1-3H3,(H,21,23);6-8H,1-5,16H2;8-9H,4-7,12H2,1-3H3,(H,13,14);1H/t11-,12+;10-,11+;7-,8+;8-,9+;/m0000./s1. The van der Waals surface area contributed by atoms with Gasteiger partial charge in [0, 0.05) is 68.1 Å². The minimum absolute atomic E-state index is 0.00514. The first-order valence-electron chi connectivity index (χ1n) is 30.3. The van der Waals surface area contributed by atoms with Crippen molar-refractivity contribution in [3.63, 3.8) is 0 Å². The van der Waals surface area contributed by atoms with Gasteiger partial charge in [0.15, 0.2) is 34.9 Å². The number of aromatic nitrogens is 6. The Bertz CT molecular complexity index is 3170. The summed E-state index contributed by atoms with van der Waals surface area (Å²) in [6.07, 6.45) is 19.9. The molecule has 4 fully saturated rings. The molecule has 5 aromatic heterocycles. The second kappa shape index (κ2) is 36.2. The molecule has 4 aliphatic carbocycles. The van der Waals surface area contributed by atoms with E-state index in [9.17, 15) is 53.9 Å². The molecule has 0 bridgehead atoms. The number of alkyl carbamates (subject to hydrolysis) is 2. The molecule has 504 valence electrons. The second-order valence-electron chi connectivity index (χ2n) is 25.6. The lowest BCUT2D eigenvalue weighted by atomic mass is 9.77. The fourth-order valence-electron chi connectivity index (χ4n) is 11.2. The number of imidazole rings is 1. The Hall–Kier alpha value is -4.77. The van der Waals surface area contributed by atoms with Crippen LogP contribution in [0.3, 0.4) is 0 Å². The highest BCUT2D eigenvalue weighted by Crippen LogP contribution is 2.35. The minimum atomic E-state index is -1.31. The number of hydrogen-bond acceptors (Lipinski definition) is 12. The summed E-state index contributed by atoms with van der Waals surface area (Å²) in [5.74, 6) is -6.23. The molecule has 6 N–H and O–H groups in total. The van der Waals surface area contributed by atoms with E-state index in [0.717, 1.165) is 121 Å². The average Bonchev–Trinajstić information content (AvgIpc) is 2.04. The maximum Gasteiger partial charge on any atom is 0.407 e. The van der Waals surface area contributed by atoms with Crippen molar-refractivity contribution in [2.45, 2.75) is 205 Å². The summed E-state index contributed by atoms with van der Waals surface area (Å²) in [6, 6.07) is 3.65. The van der Waals surface area contributed by atoms with Crippen LogP contribution >= 0.6 is 63.7 Å². The fourth-order valence-corrected chi connectivity index (χ4v) is 12.5. The zero-order valence-electron chi connectivity index (χ0n) is 52.0. The molecule has 0 aliphatic heterocycles. The largest absolute Gasteiger partial charge is 0.444 e. The molecule has 0 radical (unpaired) electrons. The second-order valence-corrected chi connectivity index (χ2v) is 28.6. The predicted octanol–water partition coefficient (Wildman–Crippen LogP) is 16.5. The number of nitrogens with two attached hydrogens (primary N) is 2. The van der Waals surface area contributed by atoms with Crippen LogP contribution in [0.2, 0.25) is 0 Å². The predicted molar refractivity (Wildman–Crippen MR) is 341 cm³/mol. The van der Waals surface area contributed by atoms with Crippen LogP contribution in [0, 0.1) is 76.2 Å². The molecule has 9 rings (SSSR count). The van der Waals surface area contributed by atoms with Gasteiger partial charge in [0.1, 0.15) is 52.8 Å². The van der Waals surface area contributed by atoms with Crippen LogP contribution in [0.25, 0.3) is 0 Å². The fraction of sp³-hybridized carbons (Fsp3) is 0.587. The van der Waals surface area contributed by atoms with Crippen LogP contribution in [0.5, 0.6) is 0 Å². The van der Waals surface area contributed by atoms with Gasteiger partial charge in [-0.25, -0.2) is 69.6 Å². The highest BCUT2D eigenvalue weighted by atomic mass is 79.9. The van der Waals surface area contributed by atoms with Gasteiger partial charge < -0.3 is 36.1 Å². The maximum atomic E-state index is 13.9. The van der Waals surface area contributed by atoms with Crippen LogP contribution in [0.1, 0.15) is 178 Å². The zero-order chi connectivity index (χ0) is 67.5. The van der Waals surface area contributed by atoms with E-state index in [1.165, 1.54) is 0 Å². The number of carbonyl (C=O) groups is 3. The normalized spacial score (nSPS) is 21.6. The summed E-state index contributed by atoms with van der Waals surface area (Å²) in [7, 11) is 1.84. The highest BCUT2D eigenvalue weighted by Gasteiger charge is 2.30. The lowest BCUT2D eigenvalue weighted by Gasteiger charge is -2.30. The first-order valence-corrected chi connectivity index (χ1v) is 33.5. The Morgan fingerprint density at radius 2 is 0.868 bits per heavy atom. The molecule has 5 aromatic rings. The van der Waals surface area contributed by atoms with Crippen molar-refractivity contribution in [2.24, 2.45) is 42.2 Å². The van der Waals surface area contributed by atoms with E-state index in [1.54, 1.807) is 17.1 Å². The lowest BCUT2D eigenvalue weighted by molar-refractivity contribution is 0.0475. The van der Waals surface area contributed by atoms with E-state index in [-0.39, 0.29) is 83.6 Å². The molecule has 0 aromatic carbocycles. The van der Waals surface area contributed by atoms with Crippen LogP contribution in [0.4, 0.5) is 49.1 Å². The maximum absolute atomic E-state index is 13.9. The van der Waals surface area contributed by atoms with E-state index < -0.39 is 69.8 Å². The minimum Gasteiger partial charge on any atom is -0.444 e. The van der Waals surface area contributed by atoms with Crippen molar-refractivity contribution in [1.82, 2.24) is 40.1 Å². The molecular weight excluding hydrogens is 1470 g/mol. The summed E-state index contributed by atoms with van der Waals surface area (Å²) in [4.78, 5) is 54.5. The Morgan fingerprint density at radius 1 is 0.505 bits per heavy atom. The molecular formula is C63H81Br4F9N10O5. The summed E-state index contributed by atoms with van der Waals surface area (Å²) in [5.41, 5.74) is 12.1. The van der Waals surface area contributed by atoms with E-state index in [0.29, 0.717) is 49.1 Å². The number of halogens is 13. The number of Topliss-reactive ketones (excluding diaryl/α,β-unsaturated/α-hetero) is 1. The van der Waals surface area contributed by atoms with Crippen LogP contribution in [-0.2, 0) is 35.8 Å². The van der Waals surface area contributed by atoms with E-state index in [4.69, 9.17) is 20.9 Å². The number of hydrogen-bond donors (Lipinski definition) is 4. The van der Waals surface area contributed by atoms with E-state index in [2.05, 4.69) is 99.3 Å². The Balaban J connectivity index is 0.000000213. The molecule has 5 heterocycles. The monoisotopic (exact) mass is 1540 g/mol. The Labute approximate surface area is 559 Å². The number of aryl methyl sites for hydroxylation is 1. The first kappa shape index (κ1) is 76.9. The smallest absolute Gasteiger partial charge is 0.407 e. The number of ether oxygens (including phenoxy) is 2. The van der Waals surface area contributed by atoms with E-state index >= 15 is 0 Å². The van der Waals surface area contributed by atoms with Crippen molar-refractivity contribution in [2.75, 3.05) is 0 Å². The quantitative estimate of drug-likeness (QED) is 0.0552. The molecule has 15 nitrogen and oxygen atoms in total. The van der Waals surface area contributed by atoms with Crippen LogP contribution < -0.4 is 22.1 Å². The lowest BCUT2D eigenvalue weighted by Crippen LogP contribution is -2.44. The van der Waals surface area contributed by atoms with Crippen molar-refractivity contribution in [3.8, 4) is 0 Å². The number of nitrogens with zero attached hydrogens (tertiary/aromatic N) is 6. The summed E-state index contributed by atoms with van der Waals surface area (Å²) in [5, 5.41) is 5.75. The summed E-state index contributed by atoms with van der Waals surface area (Å²) < 4.78 is 129. The topological polar surface area (TPSA) is 215 Å². The average molecular weight is 1550 g/mol. The number of nitrogens with one attached hydrogen (secondary N) is 2. The molecule has 2 amide bonds. The van der Waals surface area contributed by atoms with Crippen molar-refractivity contribution < 1.29 is 63.4 Å². The van der Waals surface area contributed by atoms with Gasteiger partial charge in [0.25, 0.3) is 0 Å². The Kier molecular flexibility index (Phi) is 30.6. The van der Waals surface area contributed by atoms with Crippen molar-refractivity contribution in [1.29, 1.82) is 0 Å². The summed E-state index contributed by atoms with van der Waals surface area (Å²) in [6.45, 7) is 11.0.